The molecule has 2 aromatic rings. The van der Waals surface area contributed by atoms with Crippen LogP contribution in [0.5, 0.6) is 0 Å². The topological polar surface area (TPSA) is 64.8 Å². The molecular formula is C12H12FN3O2S. The molecule has 1 aromatic carbocycles. The van der Waals surface area contributed by atoms with E-state index in [0.29, 0.717) is 24.2 Å². The highest BCUT2D eigenvalue weighted by molar-refractivity contribution is 7.90. The van der Waals surface area contributed by atoms with Gasteiger partial charge in [0.25, 0.3) is 5.16 Å². The molecule has 3 rings (SSSR count). The standard InChI is InChI=1S/C12H12FN3O2S/c1-19(17,18)12-14-11-7-6-10(16(11)15-12)8-4-2-3-5-9(8)13/h2-5,10H,6-7H2,1H3. The summed E-state index contributed by atoms with van der Waals surface area (Å²) in [5.41, 5.74) is 0.520. The van der Waals surface area contributed by atoms with E-state index in [0.717, 1.165) is 6.26 Å². The molecule has 2 heterocycles. The molecule has 0 bridgehead atoms. The maximum absolute atomic E-state index is 13.8. The fourth-order valence-corrected chi connectivity index (χ4v) is 2.84. The number of fused-ring (bicyclic) bond motifs is 1. The normalized spacial score (nSPS) is 18.5. The van der Waals surface area contributed by atoms with E-state index in [1.807, 2.05) is 0 Å². The maximum atomic E-state index is 13.8. The van der Waals surface area contributed by atoms with Crippen molar-refractivity contribution in [2.75, 3.05) is 6.26 Å². The summed E-state index contributed by atoms with van der Waals surface area (Å²) in [4.78, 5) is 4.01. The summed E-state index contributed by atoms with van der Waals surface area (Å²) in [6.45, 7) is 0. The average Bonchev–Trinajstić information content (AvgIpc) is 2.88. The van der Waals surface area contributed by atoms with Crippen molar-refractivity contribution in [3.63, 3.8) is 0 Å². The van der Waals surface area contributed by atoms with E-state index in [1.54, 1.807) is 18.2 Å². The van der Waals surface area contributed by atoms with Crippen molar-refractivity contribution in [2.45, 2.75) is 24.0 Å². The first kappa shape index (κ1) is 12.3. The number of hydrogen-bond acceptors (Lipinski definition) is 4. The molecule has 0 amide bonds. The van der Waals surface area contributed by atoms with Crippen LogP contribution in [0.4, 0.5) is 4.39 Å². The smallest absolute Gasteiger partial charge is 0.241 e. The van der Waals surface area contributed by atoms with Gasteiger partial charge in [0.1, 0.15) is 11.6 Å². The number of benzene rings is 1. The highest BCUT2D eigenvalue weighted by Gasteiger charge is 2.30. The Kier molecular flexibility index (Phi) is 2.67. The SMILES string of the molecule is CS(=O)(=O)c1nc2n(n1)C(c1ccccc1F)CC2. The van der Waals surface area contributed by atoms with Gasteiger partial charge in [-0.1, -0.05) is 18.2 Å². The summed E-state index contributed by atoms with van der Waals surface area (Å²) in [5, 5.41) is 3.82. The predicted molar refractivity (Wildman–Crippen MR) is 66.0 cm³/mol. The molecule has 1 aliphatic heterocycles. The van der Waals surface area contributed by atoms with Crippen LogP contribution in [0, 0.1) is 5.82 Å². The van der Waals surface area contributed by atoms with Gasteiger partial charge in [-0.3, -0.25) is 0 Å². The number of aromatic nitrogens is 3. The zero-order chi connectivity index (χ0) is 13.6. The maximum Gasteiger partial charge on any atom is 0.266 e. The predicted octanol–water partition coefficient (Wildman–Crippen LogP) is 1.36. The second-order valence-electron chi connectivity index (χ2n) is 4.60. The lowest BCUT2D eigenvalue weighted by atomic mass is 10.0. The zero-order valence-electron chi connectivity index (χ0n) is 10.2. The molecule has 0 aliphatic carbocycles. The first-order valence-corrected chi connectivity index (χ1v) is 7.76. The number of hydrogen-bond donors (Lipinski definition) is 0. The van der Waals surface area contributed by atoms with E-state index in [4.69, 9.17) is 0 Å². The molecule has 1 aromatic heterocycles. The number of rotatable bonds is 2. The van der Waals surface area contributed by atoms with Gasteiger partial charge in [-0.15, -0.1) is 5.10 Å². The summed E-state index contributed by atoms with van der Waals surface area (Å²) in [7, 11) is -3.43. The van der Waals surface area contributed by atoms with E-state index < -0.39 is 9.84 Å². The van der Waals surface area contributed by atoms with Crippen LogP contribution in [0.2, 0.25) is 0 Å². The Labute approximate surface area is 110 Å². The van der Waals surface area contributed by atoms with Crippen LogP contribution in [0.3, 0.4) is 0 Å². The number of sulfone groups is 1. The van der Waals surface area contributed by atoms with Crippen molar-refractivity contribution < 1.29 is 12.8 Å². The van der Waals surface area contributed by atoms with E-state index in [-0.39, 0.29) is 17.0 Å². The first-order chi connectivity index (χ1) is 8.97. The fourth-order valence-electron chi connectivity index (χ4n) is 2.33. The van der Waals surface area contributed by atoms with Crippen LogP contribution >= 0.6 is 0 Å². The second-order valence-corrected chi connectivity index (χ2v) is 6.51. The van der Waals surface area contributed by atoms with Gasteiger partial charge in [0, 0.05) is 18.2 Å². The molecule has 5 nitrogen and oxygen atoms in total. The lowest BCUT2D eigenvalue weighted by Gasteiger charge is -2.12. The Morgan fingerprint density at radius 1 is 1.37 bits per heavy atom. The van der Waals surface area contributed by atoms with Crippen LogP contribution in [0.1, 0.15) is 23.9 Å². The Hall–Kier alpha value is -1.76. The largest absolute Gasteiger partial charge is 0.266 e. The van der Waals surface area contributed by atoms with Gasteiger partial charge in [0.05, 0.1) is 6.04 Å². The highest BCUT2D eigenvalue weighted by Crippen LogP contribution is 2.32. The molecule has 0 fully saturated rings. The summed E-state index contributed by atoms with van der Waals surface area (Å²) in [6.07, 6.45) is 2.35. The molecule has 1 aliphatic rings. The molecule has 100 valence electrons. The van der Waals surface area contributed by atoms with Crippen LogP contribution < -0.4 is 0 Å². The van der Waals surface area contributed by atoms with Gasteiger partial charge in [-0.05, 0) is 12.5 Å². The first-order valence-electron chi connectivity index (χ1n) is 5.87. The second kappa shape index (κ2) is 4.12. The molecule has 0 N–H and O–H groups in total. The summed E-state index contributed by atoms with van der Waals surface area (Å²) in [5.74, 6) is 0.283. The van der Waals surface area contributed by atoms with Crippen LogP contribution in [-0.4, -0.2) is 29.4 Å². The van der Waals surface area contributed by atoms with E-state index in [1.165, 1.54) is 10.7 Å². The van der Waals surface area contributed by atoms with Crippen molar-refractivity contribution >= 4 is 9.84 Å². The zero-order valence-corrected chi connectivity index (χ0v) is 11.1. The van der Waals surface area contributed by atoms with E-state index in [2.05, 4.69) is 10.1 Å². The Balaban J connectivity index is 2.08. The van der Waals surface area contributed by atoms with Gasteiger partial charge in [0.2, 0.25) is 9.84 Å². The highest BCUT2D eigenvalue weighted by atomic mass is 32.2. The minimum Gasteiger partial charge on any atom is -0.241 e. The number of halogens is 1. The minimum atomic E-state index is -3.43. The molecule has 0 saturated heterocycles. The van der Waals surface area contributed by atoms with Crippen molar-refractivity contribution in [1.29, 1.82) is 0 Å². The monoisotopic (exact) mass is 281 g/mol. The molecule has 0 radical (unpaired) electrons. The molecule has 19 heavy (non-hydrogen) atoms. The van der Waals surface area contributed by atoms with Gasteiger partial charge in [0.15, 0.2) is 0 Å². The third kappa shape index (κ3) is 2.03. The summed E-state index contributed by atoms with van der Waals surface area (Å²) in [6, 6.07) is 6.18. The van der Waals surface area contributed by atoms with E-state index >= 15 is 0 Å². The van der Waals surface area contributed by atoms with Crippen molar-refractivity contribution in [1.82, 2.24) is 14.8 Å². The van der Waals surface area contributed by atoms with Gasteiger partial charge in [-0.25, -0.2) is 22.5 Å². The summed E-state index contributed by atoms with van der Waals surface area (Å²) >= 11 is 0. The Morgan fingerprint density at radius 3 is 2.79 bits per heavy atom. The van der Waals surface area contributed by atoms with Gasteiger partial charge in [-0.2, -0.15) is 0 Å². The van der Waals surface area contributed by atoms with Gasteiger partial charge < -0.3 is 0 Å². The lowest BCUT2D eigenvalue weighted by molar-refractivity contribution is 0.502. The fraction of sp³-hybridized carbons (Fsp3) is 0.333. The number of nitrogens with zero attached hydrogens (tertiary/aromatic N) is 3. The average molecular weight is 281 g/mol. The molecule has 1 atom stereocenters. The lowest BCUT2D eigenvalue weighted by Crippen LogP contribution is -2.10. The molecule has 1 unspecified atom stereocenters. The molecule has 7 heteroatoms. The van der Waals surface area contributed by atoms with Crippen molar-refractivity contribution in [3.05, 3.63) is 41.5 Å². The Bertz CT molecular complexity index is 739. The quantitative estimate of drug-likeness (QED) is 0.833. The molecule has 0 spiro atoms. The summed E-state index contributed by atoms with van der Waals surface area (Å²) < 4.78 is 38.2. The van der Waals surface area contributed by atoms with Crippen LogP contribution in [0.15, 0.2) is 29.4 Å². The Morgan fingerprint density at radius 2 is 2.11 bits per heavy atom. The minimum absolute atomic E-state index is 0.191. The van der Waals surface area contributed by atoms with Crippen molar-refractivity contribution in [2.24, 2.45) is 0 Å². The third-order valence-electron chi connectivity index (χ3n) is 3.21. The third-order valence-corrected chi connectivity index (χ3v) is 4.05. The molecule has 0 saturated carbocycles. The number of aryl methyl sites for hydroxylation is 1. The van der Waals surface area contributed by atoms with Crippen LogP contribution in [0.25, 0.3) is 0 Å². The van der Waals surface area contributed by atoms with Gasteiger partial charge >= 0.3 is 0 Å². The molecular weight excluding hydrogens is 269 g/mol. The van der Waals surface area contributed by atoms with Crippen molar-refractivity contribution in [3.8, 4) is 0 Å². The van der Waals surface area contributed by atoms with E-state index in [9.17, 15) is 12.8 Å². The van der Waals surface area contributed by atoms with Crippen LogP contribution in [-0.2, 0) is 16.3 Å².